The van der Waals surface area contributed by atoms with E-state index in [-0.39, 0.29) is 6.10 Å². The minimum absolute atomic E-state index is 0.0532. The molecule has 0 bridgehead atoms. The molecule has 0 aromatic carbocycles. The maximum Gasteiger partial charge on any atom is 0.407 e. The molecule has 1 aromatic rings. The monoisotopic (exact) mass is 265 g/mol. The van der Waals surface area contributed by atoms with Crippen LogP contribution in [0.5, 0.6) is 5.88 Å². The summed E-state index contributed by atoms with van der Waals surface area (Å²) in [6, 6.07) is 3.14. The summed E-state index contributed by atoms with van der Waals surface area (Å²) < 4.78 is 5.64. The van der Waals surface area contributed by atoms with Crippen molar-refractivity contribution in [1.82, 2.24) is 9.88 Å². The molecule has 0 spiro atoms. The summed E-state index contributed by atoms with van der Waals surface area (Å²) in [5, 5.41) is 8.83. The van der Waals surface area contributed by atoms with Crippen molar-refractivity contribution in [2.75, 3.05) is 13.1 Å². The molecule has 0 saturated carbocycles. The fourth-order valence-electron chi connectivity index (χ4n) is 1.93. The fraction of sp³-hybridized carbons (Fsp3) is 0.417. The Balaban J connectivity index is 1.88. The van der Waals surface area contributed by atoms with Crippen LogP contribution in [0.25, 0.3) is 0 Å². The summed E-state index contributed by atoms with van der Waals surface area (Å²) in [4.78, 5) is 27.0. The highest BCUT2D eigenvalue weighted by Gasteiger charge is 2.23. The minimum atomic E-state index is -0.901. The highest BCUT2D eigenvalue weighted by atomic mass is 16.5. The van der Waals surface area contributed by atoms with Crippen LogP contribution >= 0.6 is 0 Å². The van der Waals surface area contributed by atoms with Crippen molar-refractivity contribution in [3.63, 3.8) is 0 Å². The second-order valence-corrected chi connectivity index (χ2v) is 4.34. The number of rotatable bonds is 3. The molecule has 7 nitrogen and oxygen atoms in total. The van der Waals surface area contributed by atoms with Gasteiger partial charge < -0.3 is 20.5 Å². The van der Waals surface area contributed by atoms with Crippen LogP contribution in [-0.2, 0) is 0 Å². The first-order valence-corrected chi connectivity index (χ1v) is 5.96. The van der Waals surface area contributed by atoms with Crippen LogP contribution in [0.1, 0.15) is 23.2 Å². The van der Waals surface area contributed by atoms with Crippen LogP contribution in [0, 0.1) is 0 Å². The van der Waals surface area contributed by atoms with Crippen LogP contribution in [0.3, 0.4) is 0 Å². The first kappa shape index (κ1) is 13.1. The zero-order valence-electron chi connectivity index (χ0n) is 10.3. The lowest BCUT2D eigenvalue weighted by atomic mass is 10.1. The number of hydrogen-bond acceptors (Lipinski definition) is 4. The molecule has 1 aromatic heterocycles. The van der Waals surface area contributed by atoms with Crippen LogP contribution in [0.2, 0.25) is 0 Å². The third-order valence-electron chi connectivity index (χ3n) is 3.02. The lowest BCUT2D eigenvalue weighted by molar-refractivity contribution is 0.0871. The van der Waals surface area contributed by atoms with E-state index < -0.39 is 12.0 Å². The van der Waals surface area contributed by atoms with Gasteiger partial charge in [0.25, 0.3) is 0 Å². The fourth-order valence-corrected chi connectivity index (χ4v) is 1.93. The summed E-state index contributed by atoms with van der Waals surface area (Å²) in [6.45, 7) is 0.915. The Morgan fingerprint density at radius 3 is 2.53 bits per heavy atom. The highest BCUT2D eigenvalue weighted by Crippen LogP contribution is 2.17. The number of amides is 2. The van der Waals surface area contributed by atoms with Crippen LogP contribution in [-0.4, -0.2) is 46.2 Å². The molecule has 2 heterocycles. The molecule has 0 unspecified atom stereocenters. The number of primary amides is 1. The quantitative estimate of drug-likeness (QED) is 0.836. The number of nitrogens with two attached hydrogens (primary N) is 1. The maximum atomic E-state index is 10.9. The predicted octanol–water partition coefficient (Wildman–Crippen LogP) is 0.702. The second-order valence-electron chi connectivity index (χ2n) is 4.34. The predicted molar refractivity (Wildman–Crippen MR) is 66.0 cm³/mol. The van der Waals surface area contributed by atoms with Crippen molar-refractivity contribution < 1.29 is 19.4 Å². The largest absolute Gasteiger partial charge is 0.474 e. The molecule has 7 heteroatoms. The Morgan fingerprint density at radius 1 is 1.37 bits per heavy atom. The van der Waals surface area contributed by atoms with Gasteiger partial charge in [0.1, 0.15) is 6.10 Å². The SMILES string of the molecule is NC(=O)c1ccc(OC2CCN(C(=O)O)CC2)nc1. The topological polar surface area (TPSA) is 106 Å². The van der Waals surface area contributed by atoms with E-state index in [0.717, 1.165) is 0 Å². The zero-order valence-corrected chi connectivity index (χ0v) is 10.3. The number of piperidine rings is 1. The second kappa shape index (κ2) is 5.55. The van der Waals surface area contributed by atoms with E-state index in [9.17, 15) is 9.59 Å². The number of hydrogen-bond donors (Lipinski definition) is 2. The Morgan fingerprint density at radius 2 is 2.05 bits per heavy atom. The first-order valence-electron chi connectivity index (χ1n) is 5.96. The molecule has 1 fully saturated rings. The van der Waals surface area contributed by atoms with Gasteiger partial charge in [-0.1, -0.05) is 0 Å². The van der Waals surface area contributed by atoms with E-state index in [4.69, 9.17) is 15.6 Å². The average Bonchev–Trinajstić information content (AvgIpc) is 2.40. The number of likely N-dealkylation sites (tertiary alicyclic amines) is 1. The Kier molecular flexibility index (Phi) is 3.84. The van der Waals surface area contributed by atoms with Crippen LogP contribution in [0.15, 0.2) is 18.3 Å². The van der Waals surface area contributed by atoms with Crippen molar-refractivity contribution in [3.8, 4) is 5.88 Å². The molecule has 19 heavy (non-hydrogen) atoms. The van der Waals surface area contributed by atoms with Crippen molar-refractivity contribution in [2.45, 2.75) is 18.9 Å². The third kappa shape index (κ3) is 3.34. The molecule has 2 rings (SSSR count). The van der Waals surface area contributed by atoms with Crippen LogP contribution < -0.4 is 10.5 Å². The van der Waals surface area contributed by atoms with Gasteiger partial charge in [-0.3, -0.25) is 4.79 Å². The lowest BCUT2D eigenvalue weighted by Gasteiger charge is -2.29. The standard InChI is InChI=1S/C12H15N3O4/c13-11(16)8-1-2-10(14-7-8)19-9-3-5-15(6-4-9)12(17)18/h1-2,7,9H,3-6H2,(H2,13,16)(H,17,18). The van der Waals surface area contributed by atoms with Crippen LogP contribution in [0.4, 0.5) is 4.79 Å². The van der Waals surface area contributed by atoms with Gasteiger partial charge in [0.15, 0.2) is 0 Å². The molecule has 1 aliphatic rings. The number of carbonyl (C=O) groups excluding carboxylic acids is 1. The maximum absolute atomic E-state index is 10.9. The van der Waals surface area contributed by atoms with Crippen molar-refractivity contribution in [1.29, 1.82) is 0 Å². The Labute approximate surface area is 110 Å². The summed E-state index contributed by atoms with van der Waals surface area (Å²) >= 11 is 0. The highest BCUT2D eigenvalue weighted by molar-refractivity contribution is 5.92. The Bertz CT molecular complexity index is 466. The molecule has 1 aliphatic heterocycles. The van der Waals surface area contributed by atoms with E-state index in [0.29, 0.717) is 37.4 Å². The minimum Gasteiger partial charge on any atom is -0.474 e. The average molecular weight is 265 g/mol. The van der Waals surface area contributed by atoms with Gasteiger partial charge in [0.2, 0.25) is 11.8 Å². The number of nitrogens with zero attached hydrogens (tertiary/aromatic N) is 2. The first-order chi connectivity index (χ1) is 9.06. The van der Waals surface area contributed by atoms with Crippen molar-refractivity contribution in [3.05, 3.63) is 23.9 Å². The van der Waals surface area contributed by atoms with Gasteiger partial charge in [-0.15, -0.1) is 0 Å². The molecule has 0 atom stereocenters. The summed E-state index contributed by atoms with van der Waals surface area (Å²) in [7, 11) is 0. The van der Waals surface area contributed by atoms with E-state index in [2.05, 4.69) is 4.98 Å². The van der Waals surface area contributed by atoms with Crippen molar-refractivity contribution in [2.24, 2.45) is 5.73 Å². The molecule has 1 saturated heterocycles. The normalized spacial score (nSPS) is 16.1. The molecule has 0 radical (unpaired) electrons. The van der Waals surface area contributed by atoms with Gasteiger partial charge in [-0.05, 0) is 6.07 Å². The van der Waals surface area contributed by atoms with Gasteiger partial charge >= 0.3 is 6.09 Å². The molecular formula is C12H15N3O4. The lowest BCUT2D eigenvalue weighted by Crippen LogP contribution is -2.41. The summed E-state index contributed by atoms with van der Waals surface area (Å²) in [5.41, 5.74) is 5.44. The number of pyridine rings is 1. The number of aromatic nitrogens is 1. The zero-order chi connectivity index (χ0) is 13.8. The van der Waals surface area contributed by atoms with Gasteiger partial charge in [0.05, 0.1) is 5.56 Å². The third-order valence-corrected chi connectivity index (χ3v) is 3.02. The van der Waals surface area contributed by atoms with Crippen molar-refractivity contribution >= 4 is 12.0 Å². The van der Waals surface area contributed by atoms with E-state index >= 15 is 0 Å². The summed E-state index contributed by atoms with van der Waals surface area (Å²) in [6.07, 6.45) is 1.67. The van der Waals surface area contributed by atoms with E-state index in [1.54, 1.807) is 12.1 Å². The molecule has 0 aliphatic carbocycles. The van der Waals surface area contributed by atoms with E-state index in [1.807, 2.05) is 0 Å². The van der Waals surface area contributed by atoms with Gasteiger partial charge in [-0.25, -0.2) is 9.78 Å². The number of carbonyl (C=O) groups is 2. The molecule has 3 N–H and O–H groups in total. The smallest absolute Gasteiger partial charge is 0.407 e. The molecule has 102 valence electrons. The summed E-state index contributed by atoms with van der Waals surface area (Å²) in [5.74, 6) is -0.118. The molecule has 2 amide bonds. The number of ether oxygens (including phenoxy) is 1. The van der Waals surface area contributed by atoms with E-state index in [1.165, 1.54) is 11.1 Å². The number of carboxylic acid groups (broad SMARTS) is 1. The molecular weight excluding hydrogens is 250 g/mol. The van der Waals surface area contributed by atoms with Gasteiger partial charge in [0, 0.05) is 38.2 Å². The van der Waals surface area contributed by atoms with Gasteiger partial charge in [-0.2, -0.15) is 0 Å². The Hall–Kier alpha value is -2.31.